The molecule has 61 heavy (non-hydrogen) atoms. The molecule has 0 N–H and O–H groups in total. The maximum Gasteiger partial charge on any atom is 0.0541 e. The van der Waals surface area contributed by atoms with Crippen LogP contribution in [0.4, 0.5) is 17.1 Å². The Morgan fingerprint density at radius 3 is 1.59 bits per heavy atom. The fourth-order valence-electron chi connectivity index (χ4n) is 10.1. The Kier molecular flexibility index (Phi) is 8.65. The summed E-state index contributed by atoms with van der Waals surface area (Å²) in [5.74, 6) is 0. The normalized spacial score (nSPS) is 12.7. The molecule has 2 heteroatoms. The number of fused-ring (bicyclic) bond motifs is 6. The smallest absolute Gasteiger partial charge is 0.0541 e. The van der Waals surface area contributed by atoms with Crippen molar-refractivity contribution < 1.29 is 0 Å². The lowest BCUT2D eigenvalue weighted by atomic mass is 9.82. The van der Waals surface area contributed by atoms with Gasteiger partial charge < -0.3 is 9.47 Å². The van der Waals surface area contributed by atoms with Crippen LogP contribution >= 0.6 is 0 Å². The van der Waals surface area contributed by atoms with Crippen LogP contribution < -0.4 is 4.90 Å². The summed E-state index contributed by atoms with van der Waals surface area (Å²) in [5, 5.41) is 2.51. The fraction of sp³-hybridized carbons (Fsp3) is 0.0847. The molecular weight excluding hydrogens is 737 g/mol. The average molecular weight is 783 g/mol. The van der Waals surface area contributed by atoms with Crippen LogP contribution in [0.5, 0.6) is 0 Å². The van der Waals surface area contributed by atoms with Gasteiger partial charge in [-0.15, -0.1) is 0 Å². The molecule has 0 atom stereocenters. The summed E-state index contributed by atoms with van der Waals surface area (Å²) in [6, 6.07) is 75.8. The molecule has 0 fully saturated rings. The fourth-order valence-corrected chi connectivity index (χ4v) is 10.1. The van der Waals surface area contributed by atoms with Crippen molar-refractivity contribution in [2.24, 2.45) is 0 Å². The zero-order valence-corrected chi connectivity index (χ0v) is 35.0. The molecule has 0 bridgehead atoms. The minimum Gasteiger partial charge on any atom is -0.310 e. The minimum atomic E-state index is -0.0537. The Balaban J connectivity index is 1.02. The van der Waals surface area contributed by atoms with E-state index < -0.39 is 0 Å². The van der Waals surface area contributed by atoms with Crippen molar-refractivity contribution in [3.8, 4) is 50.2 Å². The summed E-state index contributed by atoms with van der Waals surface area (Å²) < 4.78 is 2.41. The van der Waals surface area contributed by atoms with Gasteiger partial charge in [0, 0.05) is 38.9 Å². The minimum absolute atomic E-state index is 0.0537. The van der Waals surface area contributed by atoms with E-state index in [1.807, 2.05) is 0 Å². The van der Waals surface area contributed by atoms with Gasteiger partial charge in [0.05, 0.1) is 11.0 Å². The molecule has 9 aromatic carbocycles. The first-order chi connectivity index (χ1) is 29.8. The van der Waals surface area contributed by atoms with Crippen molar-refractivity contribution in [1.29, 1.82) is 0 Å². The summed E-state index contributed by atoms with van der Waals surface area (Å²) >= 11 is 0. The number of benzene rings is 9. The molecule has 0 radical (unpaired) electrons. The zero-order chi connectivity index (χ0) is 41.2. The Bertz CT molecular complexity index is 3240. The lowest BCUT2D eigenvalue weighted by Crippen LogP contribution is -2.15. The van der Waals surface area contributed by atoms with Gasteiger partial charge in [0.15, 0.2) is 0 Å². The van der Waals surface area contributed by atoms with E-state index in [0.717, 1.165) is 22.7 Å². The van der Waals surface area contributed by atoms with E-state index in [1.54, 1.807) is 0 Å². The molecule has 1 aliphatic carbocycles. The van der Waals surface area contributed by atoms with Crippen LogP contribution in [0.3, 0.4) is 0 Å². The molecule has 0 aliphatic heterocycles. The van der Waals surface area contributed by atoms with Crippen LogP contribution in [0, 0.1) is 13.8 Å². The predicted molar refractivity (Wildman–Crippen MR) is 259 cm³/mol. The number of aromatic nitrogens is 1. The predicted octanol–water partition coefficient (Wildman–Crippen LogP) is 16.2. The standard InChI is InChI=1S/C59H46N2/c1-39-35-49(60(46-28-23-43(24-29-46)41-15-7-5-8-16-41)48-32-33-55-52(38-48)50-19-11-13-21-54(50)59(55,3)4)36-40(2)58(39)45-27-34-57-53(37-45)51-20-12-14-22-56(51)61(57)47-30-25-44(26-31-47)42-17-9-6-10-18-42/h5-38H,1-4H3. The van der Waals surface area contributed by atoms with Crippen molar-refractivity contribution >= 4 is 38.9 Å². The second-order valence-corrected chi connectivity index (χ2v) is 17.1. The monoisotopic (exact) mass is 782 g/mol. The number of anilines is 3. The van der Waals surface area contributed by atoms with Crippen LogP contribution in [0.15, 0.2) is 206 Å². The first-order valence-corrected chi connectivity index (χ1v) is 21.3. The third-order valence-corrected chi connectivity index (χ3v) is 13.0. The van der Waals surface area contributed by atoms with Gasteiger partial charge in [0.2, 0.25) is 0 Å². The number of aryl methyl sites for hydroxylation is 2. The number of rotatable bonds is 7. The van der Waals surface area contributed by atoms with Crippen LogP contribution in [-0.4, -0.2) is 4.57 Å². The molecule has 1 heterocycles. The summed E-state index contributed by atoms with van der Waals surface area (Å²) in [6.07, 6.45) is 0. The highest BCUT2D eigenvalue weighted by atomic mass is 15.1. The molecule has 0 spiro atoms. The Morgan fingerprint density at radius 2 is 0.902 bits per heavy atom. The molecule has 11 rings (SSSR count). The maximum atomic E-state index is 2.44. The summed E-state index contributed by atoms with van der Waals surface area (Å²) in [5.41, 5.74) is 22.2. The summed E-state index contributed by atoms with van der Waals surface area (Å²) in [6.45, 7) is 9.24. The van der Waals surface area contributed by atoms with Gasteiger partial charge in [-0.05, 0) is 147 Å². The van der Waals surface area contributed by atoms with Crippen LogP contribution in [0.25, 0.3) is 72.0 Å². The molecule has 10 aromatic rings. The third kappa shape index (κ3) is 6.09. The molecule has 1 aromatic heterocycles. The van der Waals surface area contributed by atoms with Crippen molar-refractivity contribution in [1.82, 2.24) is 4.57 Å². The SMILES string of the molecule is Cc1cc(N(c2ccc(-c3ccccc3)cc2)c2ccc3c(c2)-c2ccccc2C3(C)C)cc(C)c1-c1ccc2c(c1)c1ccccc1n2-c1ccc(-c2ccccc2)cc1. The van der Waals surface area contributed by atoms with E-state index in [1.165, 1.54) is 88.6 Å². The third-order valence-electron chi connectivity index (χ3n) is 13.0. The second-order valence-electron chi connectivity index (χ2n) is 17.1. The van der Waals surface area contributed by atoms with E-state index >= 15 is 0 Å². The largest absolute Gasteiger partial charge is 0.310 e. The zero-order valence-electron chi connectivity index (χ0n) is 35.0. The van der Waals surface area contributed by atoms with Crippen molar-refractivity contribution in [2.75, 3.05) is 4.90 Å². The van der Waals surface area contributed by atoms with E-state index in [0.29, 0.717) is 0 Å². The lowest BCUT2D eigenvalue weighted by molar-refractivity contribution is 0.660. The topological polar surface area (TPSA) is 8.17 Å². The van der Waals surface area contributed by atoms with Gasteiger partial charge in [-0.2, -0.15) is 0 Å². The molecule has 292 valence electrons. The summed E-state index contributed by atoms with van der Waals surface area (Å²) in [4.78, 5) is 2.44. The Morgan fingerprint density at radius 1 is 0.377 bits per heavy atom. The van der Waals surface area contributed by atoms with Gasteiger partial charge in [-0.1, -0.05) is 153 Å². The van der Waals surface area contributed by atoms with Crippen molar-refractivity contribution in [3.63, 3.8) is 0 Å². The van der Waals surface area contributed by atoms with Crippen LogP contribution in [-0.2, 0) is 5.41 Å². The number of hydrogen-bond donors (Lipinski definition) is 0. The molecule has 2 nitrogen and oxygen atoms in total. The molecule has 1 aliphatic rings. The Labute approximate surface area is 358 Å². The van der Waals surface area contributed by atoms with Gasteiger partial charge in [0.25, 0.3) is 0 Å². The van der Waals surface area contributed by atoms with Crippen molar-refractivity contribution in [3.05, 3.63) is 229 Å². The second kappa shape index (κ2) is 14.4. The maximum absolute atomic E-state index is 2.44. The van der Waals surface area contributed by atoms with E-state index in [4.69, 9.17) is 0 Å². The van der Waals surface area contributed by atoms with Crippen molar-refractivity contribution in [2.45, 2.75) is 33.1 Å². The van der Waals surface area contributed by atoms with Gasteiger partial charge >= 0.3 is 0 Å². The number of para-hydroxylation sites is 1. The van der Waals surface area contributed by atoms with Gasteiger partial charge in [0.1, 0.15) is 0 Å². The Hall–Kier alpha value is -7.42. The molecule has 0 amide bonds. The van der Waals surface area contributed by atoms with Gasteiger partial charge in [-0.25, -0.2) is 0 Å². The highest BCUT2D eigenvalue weighted by Gasteiger charge is 2.35. The number of nitrogens with zero attached hydrogens (tertiary/aromatic N) is 2. The van der Waals surface area contributed by atoms with Gasteiger partial charge in [-0.3, -0.25) is 0 Å². The van der Waals surface area contributed by atoms with Crippen LogP contribution in [0.2, 0.25) is 0 Å². The molecule has 0 saturated heterocycles. The molecule has 0 unspecified atom stereocenters. The van der Waals surface area contributed by atoms with E-state index in [9.17, 15) is 0 Å². The quantitative estimate of drug-likeness (QED) is 0.156. The first-order valence-electron chi connectivity index (χ1n) is 21.3. The lowest BCUT2D eigenvalue weighted by Gasteiger charge is -2.28. The molecular formula is C59H46N2. The summed E-state index contributed by atoms with van der Waals surface area (Å²) in [7, 11) is 0. The van der Waals surface area contributed by atoms with E-state index in [-0.39, 0.29) is 5.41 Å². The number of hydrogen-bond acceptors (Lipinski definition) is 1. The molecule has 0 saturated carbocycles. The highest BCUT2D eigenvalue weighted by molar-refractivity contribution is 6.10. The highest BCUT2D eigenvalue weighted by Crippen LogP contribution is 2.51. The average Bonchev–Trinajstić information content (AvgIpc) is 3.75. The van der Waals surface area contributed by atoms with Crippen LogP contribution in [0.1, 0.15) is 36.1 Å². The van der Waals surface area contributed by atoms with E-state index in [2.05, 4.69) is 243 Å². The first kappa shape index (κ1) is 36.6.